The molecule has 0 bridgehead atoms. The molecule has 1 saturated heterocycles. The number of benzene rings is 2. The van der Waals surface area contributed by atoms with Gasteiger partial charge >= 0.3 is 5.97 Å². The van der Waals surface area contributed by atoms with Crippen LogP contribution in [0.1, 0.15) is 33.3 Å². The van der Waals surface area contributed by atoms with Gasteiger partial charge in [0.15, 0.2) is 0 Å². The third kappa shape index (κ3) is 5.17. The maximum Gasteiger partial charge on any atom is 0.341 e. The van der Waals surface area contributed by atoms with E-state index >= 15 is 0 Å². The van der Waals surface area contributed by atoms with E-state index in [-0.39, 0.29) is 18.4 Å². The second kappa shape index (κ2) is 10.6. The zero-order valence-electron chi connectivity index (χ0n) is 19.7. The van der Waals surface area contributed by atoms with Crippen LogP contribution in [0.15, 0.2) is 54.7 Å². The number of anilines is 1. The van der Waals surface area contributed by atoms with Crippen LogP contribution in [0.2, 0.25) is 0 Å². The Kier molecular flexibility index (Phi) is 7.40. The summed E-state index contributed by atoms with van der Waals surface area (Å²) in [6.45, 7) is 3.82. The van der Waals surface area contributed by atoms with Gasteiger partial charge in [0.25, 0.3) is 5.91 Å². The number of carbonyl (C=O) groups is 3. The molecule has 2 heterocycles. The number of nitrogens with one attached hydrogen (secondary N) is 1. The minimum Gasteiger partial charge on any atom is -0.497 e. The van der Waals surface area contributed by atoms with Crippen LogP contribution in [0.4, 0.5) is 5.69 Å². The second-order valence-corrected chi connectivity index (χ2v) is 8.83. The van der Waals surface area contributed by atoms with Gasteiger partial charge in [-0.1, -0.05) is 0 Å². The first-order valence-corrected chi connectivity index (χ1v) is 12.2. The minimum absolute atomic E-state index is 0.221. The number of aromatic nitrogens is 2. The number of methoxy groups -OCH3 is 1. The van der Waals surface area contributed by atoms with Gasteiger partial charge in [-0.05, 0) is 62.4 Å². The van der Waals surface area contributed by atoms with Crippen molar-refractivity contribution in [2.24, 2.45) is 0 Å². The fourth-order valence-electron chi connectivity index (χ4n) is 3.75. The summed E-state index contributed by atoms with van der Waals surface area (Å²) in [4.78, 5) is 39.8. The minimum atomic E-state index is -0.574. The monoisotopic (exact) mass is 494 g/mol. The molecule has 3 aromatic rings. The summed E-state index contributed by atoms with van der Waals surface area (Å²) >= 11 is 1.54. The summed E-state index contributed by atoms with van der Waals surface area (Å²) in [6.07, 6.45) is 1.47. The highest BCUT2D eigenvalue weighted by molar-refractivity contribution is 7.99. The van der Waals surface area contributed by atoms with Gasteiger partial charge < -0.3 is 19.7 Å². The van der Waals surface area contributed by atoms with Gasteiger partial charge in [0.05, 0.1) is 37.2 Å². The normalized spacial score (nSPS) is 15.1. The molecule has 2 amide bonds. The van der Waals surface area contributed by atoms with Crippen molar-refractivity contribution in [1.29, 1.82) is 0 Å². The number of nitrogens with zero attached hydrogens (tertiary/aromatic N) is 3. The molecule has 1 aliphatic heterocycles. The molecule has 35 heavy (non-hydrogen) atoms. The molecular weight excluding hydrogens is 468 g/mol. The largest absolute Gasteiger partial charge is 0.497 e. The van der Waals surface area contributed by atoms with Crippen molar-refractivity contribution in [1.82, 2.24) is 14.7 Å². The topological polar surface area (TPSA) is 103 Å². The Balaban J connectivity index is 1.46. The van der Waals surface area contributed by atoms with Gasteiger partial charge in [-0.25, -0.2) is 9.48 Å². The maximum absolute atomic E-state index is 13.2. The van der Waals surface area contributed by atoms with Crippen LogP contribution in [-0.2, 0) is 9.53 Å². The van der Waals surface area contributed by atoms with E-state index in [4.69, 9.17) is 9.47 Å². The number of rotatable bonds is 7. The summed E-state index contributed by atoms with van der Waals surface area (Å²) in [7, 11) is 1.58. The molecule has 0 aliphatic carbocycles. The molecule has 0 spiro atoms. The number of hydrogen-bond acceptors (Lipinski definition) is 7. The highest BCUT2D eigenvalue weighted by Crippen LogP contribution is 2.25. The molecule has 1 fully saturated rings. The molecule has 1 N–H and O–H groups in total. The number of amides is 2. The predicted octanol–water partition coefficient (Wildman–Crippen LogP) is 3.52. The van der Waals surface area contributed by atoms with Gasteiger partial charge in [-0.2, -0.15) is 5.10 Å². The van der Waals surface area contributed by atoms with E-state index in [0.29, 0.717) is 45.6 Å². The van der Waals surface area contributed by atoms with Crippen LogP contribution in [0.5, 0.6) is 5.75 Å². The Bertz CT molecular complexity index is 1220. The number of thioether (sulfide) groups is 1. The first kappa shape index (κ1) is 24.3. The quantitative estimate of drug-likeness (QED) is 0.501. The van der Waals surface area contributed by atoms with Gasteiger partial charge in [0.1, 0.15) is 17.4 Å². The van der Waals surface area contributed by atoms with Crippen LogP contribution < -0.4 is 10.1 Å². The highest BCUT2D eigenvalue weighted by atomic mass is 32.2. The lowest BCUT2D eigenvalue weighted by Crippen LogP contribution is -2.44. The highest BCUT2D eigenvalue weighted by Gasteiger charge is 2.35. The van der Waals surface area contributed by atoms with Gasteiger partial charge in [-0.3, -0.25) is 9.59 Å². The molecule has 1 aliphatic rings. The SMILES string of the molecule is CCOC(=O)c1cnn(-c2ccc(C(=O)N3CSCC3C(=O)Nc3ccc(OC)cc3)cc2)c1C. The predicted molar refractivity (Wildman–Crippen MR) is 133 cm³/mol. The van der Waals surface area contributed by atoms with Crippen LogP contribution in [-0.4, -0.2) is 63.9 Å². The zero-order valence-corrected chi connectivity index (χ0v) is 20.5. The second-order valence-electron chi connectivity index (χ2n) is 7.83. The maximum atomic E-state index is 13.2. The smallest absolute Gasteiger partial charge is 0.341 e. The van der Waals surface area contributed by atoms with E-state index in [9.17, 15) is 14.4 Å². The Morgan fingerprint density at radius 1 is 1.11 bits per heavy atom. The molecule has 2 aromatic carbocycles. The van der Waals surface area contributed by atoms with Gasteiger partial charge in [-0.15, -0.1) is 11.8 Å². The van der Waals surface area contributed by atoms with Crippen molar-refractivity contribution in [3.05, 3.63) is 71.5 Å². The number of hydrogen-bond donors (Lipinski definition) is 1. The van der Waals surface area contributed by atoms with E-state index in [1.807, 2.05) is 0 Å². The molecule has 1 unspecified atom stereocenters. The molecule has 4 rings (SSSR count). The average molecular weight is 495 g/mol. The van der Waals surface area contributed by atoms with Gasteiger partial charge in [0.2, 0.25) is 5.91 Å². The third-order valence-corrected chi connectivity index (χ3v) is 6.68. The van der Waals surface area contributed by atoms with Crippen molar-refractivity contribution < 1.29 is 23.9 Å². The molecule has 0 radical (unpaired) electrons. The molecule has 9 nitrogen and oxygen atoms in total. The van der Waals surface area contributed by atoms with Crippen molar-refractivity contribution in [3.8, 4) is 11.4 Å². The lowest BCUT2D eigenvalue weighted by atomic mass is 10.1. The standard InChI is InChI=1S/C25H26N4O5S/c1-4-34-25(32)21-13-26-29(16(21)2)19-9-5-17(6-10-19)24(31)28-15-35-14-22(28)23(30)27-18-7-11-20(33-3)12-8-18/h5-13,22H,4,14-15H2,1-3H3,(H,27,30). The van der Waals surface area contributed by atoms with Crippen molar-refractivity contribution in [2.75, 3.05) is 30.7 Å². The molecule has 10 heteroatoms. The Labute approximate surface area is 207 Å². The van der Waals surface area contributed by atoms with E-state index in [1.165, 1.54) is 18.0 Å². The molecule has 1 aromatic heterocycles. The van der Waals surface area contributed by atoms with E-state index in [0.717, 1.165) is 0 Å². The summed E-state index contributed by atoms with van der Waals surface area (Å²) in [5.41, 5.74) is 2.86. The Morgan fingerprint density at radius 2 is 1.83 bits per heavy atom. The number of esters is 1. The fraction of sp³-hybridized carbons (Fsp3) is 0.280. The van der Waals surface area contributed by atoms with Crippen molar-refractivity contribution in [3.63, 3.8) is 0 Å². The average Bonchev–Trinajstić information content (AvgIpc) is 3.51. The molecule has 1 atom stereocenters. The Morgan fingerprint density at radius 3 is 2.49 bits per heavy atom. The van der Waals surface area contributed by atoms with Crippen LogP contribution in [0, 0.1) is 6.92 Å². The zero-order chi connectivity index (χ0) is 24.9. The fourth-order valence-corrected chi connectivity index (χ4v) is 4.90. The van der Waals surface area contributed by atoms with E-state index in [2.05, 4.69) is 10.4 Å². The molecule has 0 saturated carbocycles. The van der Waals surface area contributed by atoms with Crippen LogP contribution >= 0.6 is 11.8 Å². The summed E-state index contributed by atoms with van der Waals surface area (Å²) in [6, 6.07) is 13.4. The van der Waals surface area contributed by atoms with Crippen molar-refractivity contribution >= 4 is 35.2 Å². The summed E-state index contributed by atoms with van der Waals surface area (Å²) in [5, 5.41) is 7.16. The van der Waals surface area contributed by atoms with Crippen LogP contribution in [0.3, 0.4) is 0 Å². The van der Waals surface area contributed by atoms with Crippen LogP contribution in [0.25, 0.3) is 5.69 Å². The third-order valence-electron chi connectivity index (χ3n) is 5.67. The Hall–Kier alpha value is -3.79. The first-order valence-electron chi connectivity index (χ1n) is 11.1. The van der Waals surface area contributed by atoms with E-state index < -0.39 is 12.0 Å². The van der Waals surface area contributed by atoms with Gasteiger partial charge in [0, 0.05) is 17.0 Å². The van der Waals surface area contributed by atoms with E-state index in [1.54, 1.807) is 79.1 Å². The molecular formula is C25H26N4O5S. The number of ether oxygens (including phenoxy) is 2. The lowest BCUT2D eigenvalue weighted by molar-refractivity contribution is -0.119. The molecule has 182 valence electrons. The first-order chi connectivity index (χ1) is 16.9. The van der Waals surface area contributed by atoms with Crippen molar-refractivity contribution in [2.45, 2.75) is 19.9 Å². The summed E-state index contributed by atoms with van der Waals surface area (Å²) in [5.74, 6) is 0.775. The summed E-state index contributed by atoms with van der Waals surface area (Å²) < 4.78 is 11.8. The number of carbonyl (C=O) groups excluding carboxylic acids is 3. The lowest BCUT2D eigenvalue weighted by Gasteiger charge is -2.23.